The smallest absolute Gasteiger partial charge is 0.287 e. The number of aryl methyl sites for hydroxylation is 1. The second-order valence-corrected chi connectivity index (χ2v) is 5.82. The van der Waals surface area contributed by atoms with Gasteiger partial charge in [-0.25, -0.2) is 9.97 Å². The van der Waals surface area contributed by atoms with Gasteiger partial charge in [0.05, 0.1) is 0 Å². The van der Waals surface area contributed by atoms with Crippen molar-refractivity contribution in [3.05, 3.63) is 59.0 Å². The summed E-state index contributed by atoms with van der Waals surface area (Å²) in [7, 11) is 0. The van der Waals surface area contributed by atoms with Crippen LogP contribution in [0.5, 0.6) is 0 Å². The van der Waals surface area contributed by atoms with Crippen LogP contribution in [0, 0.1) is 6.92 Å². The van der Waals surface area contributed by atoms with E-state index in [9.17, 15) is 4.79 Å². The molecule has 0 saturated carbocycles. The number of carbonyl (C=O) groups excluding carboxylic acids is 1. The molecule has 0 unspecified atom stereocenters. The Balaban J connectivity index is 1.54. The van der Waals surface area contributed by atoms with Gasteiger partial charge >= 0.3 is 0 Å². The van der Waals surface area contributed by atoms with Crippen LogP contribution in [0.4, 0.5) is 5.82 Å². The molecular formula is C16H16BrN5O2. The van der Waals surface area contributed by atoms with Gasteiger partial charge in [0.25, 0.3) is 5.91 Å². The van der Waals surface area contributed by atoms with Crippen LogP contribution in [0.2, 0.25) is 0 Å². The first-order chi connectivity index (χ1) is 11.6. The molecule has 8 heteroatoms. The number of rotatable bonds is 6. The summed E-state index contributed by atoms with van der Waals surface area (Å²) in [6.45, 7) is 2.82. The molecule has 3 aromatic heterocycles. The quantitative estimate of drug-likeness (QED) is 0.633. The van der Waals surface area contributed by atoms with E-state index < -0.39 is 0 Å². The van der Waals surface area contributed by atoms with Crippen LogP contribution < -0.4 is 10.6 Å². The molecule has 0 bridgehead atoms. The molecule has 3 aromatic rings. The Hall–Kier alpha value is -2.61. The molecule has 1 amide bonds. The highest BCUT2D eigenvalue weighted by Gasteiger charge is 2.09. The number of aromatic nitrogens is 3. The zero-order valence-electron chi connectivity index (χ0n) is 13.0. The van der Waals surface area contributed by atoms with Gasteiger partial charge in [0.15, 0.2) is 10.4 Å². The third kappa shape index (κ3) is 4.02. The Morgan fingerprint density at radius 1 is 1.25 bits per heavy atom. The highest BCUT2D eigenvalue weighted by Crippen LogP contribution is 2.14. The molecule has 3 heterocycles. The highest BCUT2D eigenvalue weighted by atomic mass is 79.9. The lowest BCUT2D eigenvalue weighted by atomic mass is 10.4. The number of halogens is 1. The zero-order valence-corrected chi connectivity index (χ0v) is 14.6. The molecule has 0 radical (unpaired) electrons. The molecule has 124 valence electrons. The molecule has 0 aromatic carbocycles. The Bertz CT molecular complexity index is 829. The number of anilines is 1. The van der Waals surface area contributed by atoms with E-state index in [1.54, 1.807) is 12.1 Å². The lowest BCUT2D eigenvalue weighted by Crippen LogP contribution is -2.28. The maximum atomic E-state index is 11.9. The number of amides is 1. The summed E-state index contributed by atoms with van der Waals surface area (Å²) in [5, 5.41) is 5.96. The first kappa shape index (κ1) is 16.3. The van der Waals surface area contributed by atoms with Crippen molar-refractivity contribution in [2.24, 2.45) is 0 Å². The van der Waals surface area contributed by atoms with Crippen LogP contribution in [-0.4, -0.2) is 33.5 Å². The minimum Gasteiger partial charge on any atom is -0.444 e. The zero-order chi connectivity index (χ0) is 16.9. The van der Waals surface area contributed by atoms with E-state index >= 15 is 0 Å². The first-order valence-corrected chi connectivity index (χ1v) is 8.17. The van der Waals surface area contributed by atoms with Gasteiger partial charge in [0.2, 0.25) is 0 Å². The van der Waals surface area contributed by atoms with Gasteiger partial charge in [0, 0.05) is 31.5 Å². The molecule has 0 saturated heterocycles. The predicted octanol–water partition coefficient (Wildman–Crippen LogP) is 2.77. The summed E-state index contributed by atoms with van der Waals surface area (Å²) in [5.74, 6) is 2.19. The van der Waals surface area contributed by atoms with E-state index in [1.807, 2.05) is 42.1 Å². The number of nitrogens with one attached hydrogen (secondary N) is 2. The molecule has 0 spiro atoms. The van der Waals surface area contributed by atoms with Crippen LogP contribution in [0.15, 0.2) is 51.8 Å². The van der Waals surface area contributed by atoms with Crippen LogP contribution in [0.1, 0.15) is 16.4 Å². The second-order valence-electron chi connectivity index (χ2n) is 5.04. The van der Waals surface area contributed by atoms with Crippen molar-refractivity contribution in [2.75, 3.05) is 18.4 Å². The average Bonchev–Trinajstić information content (AvgIpc) is 3.22. The van der Waals surface area contributed by atoms with Crippen LogP contribution in [0.3, 0.4) is 0 Å². The molecule has 0 aliphatic carbocycles. The Morgan fingerprint density at radius 2 is 2.04 bits per heavy atom. The topological polar surface area (TPSA) is 85.0 Å². The number of carbonyl (C=O) groups is 1. The lowest BCUT2D eigenvalue weighted by Gasteiger charge is -2.09. The monoisotopic (exact) mass is 389 g/mol. The van der Waals surface area contributed by atoms with Crippen molar-refractivity contribution in [3.63, 3.8) is 0 Å². The number of nitrogens with zero attached hydrogens (tertiary/aromatic N) is 3. The van der Waals surface area contributed by atoms with Gasteiger partial charge in [0.1, 0.15) is 17.5 Å². The Labute approximate surface area is 147 Å². The maximum absolute atomic E-state index is 11.9. The number of hydrogen-bond acceptors (Lipinski definition) is 5. The van der Waals surface area contributed by atoms with Crippen LogP contribution in [0.25, 0.3) is 5.82 Å². The minimum absolute atomic E-state index is 0.255. The summed E-state index contributed by atoms with van der Waals surface area (Å²) in [6.07, 6.45) is 3.85. The summed E-state index contributed by atoms with van der Waals surface area (Å²) in [6, 6.07) is 9.03. The molecular weight excluding hydrogens is 374 g/mol. The van der Waals surface area contributed by atoms with Crippen molar-refractivity contribution in [1.82, 2.24) is 19.9 Å². The molecule has 7 nitrogen and oxygen atoms in total. The van der Waals surface area contributed by atoms with E-state index in [0.717, 1.165) is 5.82 Å². The molecule has 0 fully saturated rings. The number of furan rings is 1. The van der Waals surface area contributed by atoms with Crippen LogP contribution >= 0.6 is 15.9 Å². The van der Waals surface area contributed by atoms with Crippen molar-refractivity contribution < 1.29 is 9.21 Å². The molecule has 3 rings (SSSR count). The van der Waals surface area contributed by atoms with Gasteiger partial charge < -0.3 is 19.6 Å². The lowest BCUT2D eigenvalue weighted by molar-refractivity contribution is 0.0926. The fourth-order valence-corrected chi connectivity index (χ4v) is 2.46. The van der Waals surface area contributed by atoms with Crippen molar-refractivity contribution in [1.29, 1.82) is 0 Å². The Morgan fingerprint density at radius 3 is 2.75 bits per heavy atom. The maximum Gasteiger partial charge on any atom is 0.287 e. The normalized spacial score (nSPS) is 10.6. The largest absolute Gasteiger partial charge is 0.444 e. The van der Waals surface area contributed by atoms with E-state index in [1.165, 1.54) is 0 Å². The van der Waals surface area contributed by atoms with Crippen LogP contribution in [-0.2, 0) is 0 Å². The van der Waals surface area contributed by atoms with Crippen molar-refractivity contribution in [3.8, 4) is 5.82 Å². The van der Waals surface area contributed by atoms with E-state index in [4.69, 9.17) is 4.42 Å². The standard InChI is InChI=1S/C16H16BrN5O2/c1-11-20-14(10-15(21-11)22-8-2-3-9-22)18-6-7-19-16(23)12-4-5-13(17)24-12/h2-5,8-10H,6-7H2,1H3,(H,19,23)(H,18,20,21). The fourth-order valence-electron chi connectivity index (χ4n) is 2.15. The fraction of sp³-hybridized carbons (Fsp3) is 0.188. The van der Waals surface area contributed by atoms with Crippen molar-refractivity contribution >= 4 is 27.7 Å². The highest BCUT2D eigenvalue weighted by molar-refractivity contribution is 9.10. The molecule has 0 atom stereocenters. The van der Waals surface area contributed by atoms with Gasteiger partial charge in [-0.05, 0) is 47.1 Å². The molecule has 24 heavy (non-hydrogen) atoms. The third-order valence-electron chi connectivity index (χ3n) is 3.21. The van der Waals surface area contributed by atoms with E-state index in [-0.39, 0.29) is 11.7 Å². The van der Waals surface area contributed by atoms with Gasteiger partial charge in [-0.2, -0.15) is 0 Å². The van der Waals surface area contributed by atoms with Crippen molar-refractivity contribution in [2.45, 2.75) is 6.92 Å². The van der Waals surface area contributed by atoms with E-state index in [2.05, 4.69) is 36.5 Å². The SMILES string of the molecule is Cc1nc(NCCNC(=O)c2ccc(Br)o2)cc(-n2cccc2)n1. The van der Waals surface area contributed by atoms with Gasteiger partial charge in [-0.1, -0.05) is 0 Å². The summed E-state index contributed by atoms with van der Waals surface area (Å²) < 4.78 is 7.63. The van der Waals surface area contributed by atoms with E-state index in [0.29, 0.717) is 29.4 Å². The first-order valence-electron chi connectivity index (χ1n) is 7.38. The molecule has 2 N–H and O–H groups in total. The van der Waals surface area contributed by atoms with Gasteiger partial charge in [-0.3, -0.25) is 4.79 Å². The predicted molar refractivity (Wildman–Crippen MR) is 93.3 cm³/mol. The summed E-state index contributed by atoms with van der Waals surface area (Å²) in [4.78, 5) is 20.6. The third-order valence-corrected chi connectivity index (χ3v) is 3.63. The molecule has 0 aliphatic rings. The second kappa shape index (κ2) is 7.31. The minimum atomic E-state index is -0.255. The number of hydrogen-bond donors (Lipinski definition) is 2. The summed E-state index contributed by atoms with van der Waals surface area (Å²) >= 11 is 3.17. The Kier molecular flexibility index (Phi) is 4.95. The summed E-state index contributed by atoms with van der Waals surface area (Å²) in [5.41, 5.74) is 0. The molecule has 0 aliphatic heterocycles. The van der Waals surface area contributed by atoms with Gasteiger partial charge in [-0.15, -0.1) is 0 Å². The average molecular weight is 390 g/mol.